The summed E-state index contributed by atoms with van der Waals surface area (Å²) in [6, 6.07) is 0. The lowest BCUT2D eigenvalue weighted by Crippen LogP contribution is -2.39. The SMILES string of the molecule is CCCC[C@H]1CC[C@](F)(C2CCC(CCC)CC2)CC1. The molecule has 2 rings (SSSR count). The van der Waals surface area contributed by atoms with Gasteiger partial charge in [-0.3, -0.25) is 0 Å². The van der Waals surface area contributed by atoms with E-state index in [1.165, 1.54) is 57.8 Å². The van der Waals surface area contributed by atoms with Crippen molar-refractivity contribution >= 4 is 0 Å². The lowest BCUT2D eigenvalue weighted by Gasteiger charge is -2.42. The lowest BCUT2D eigenvalue weighted by atomic mass is 9.66. The minimum Gasteiger partial charge on any atom is -0.244 e. The molecule has 2 fully saturated rings. The van der Waals surface area contributed by atoms with Gasteiger partial charge in [0.1, 0.15) is 5.67 Å². The maximum Gasteiger partial charge on any atom is 0.113 e. The Hall–Kier alpha value is -0.0700. The minimum atomic E-state index is -0.792. The fourth-order valence-corrected chi connectivity index (χ4v) is 4.72. The smallest absolute Gasteiger partial charge is 0.113 e. The summed E-state index contributed by atoms with van der Waals surface area (Å²) in [7, 11) is 0. The van der Waals surface area contributed by atoms with Crippen LogP contribution in [0.3, 0.4) is 0 Å². The maximum absolute atomic E-state index is 15.3. The van der Waals surface area contributed by atoms with E-state index in [0.29, 0.717) is 5.92 Å². The third-order valence-electron chi connectivity index (χ3n) is 6.18. The summed E-state index contributed by atoms with van der Waals surface area (Å²) >= 11 is 0. The van der Waals surface area contributed by atoms with Crippen LogP contribution in [-0.2, 0) is 0 Å². The van der Waals surface area contributed by atoms with Crippen molar-refractivity contribution in [3.8, 4) is 0 Å². The number of halogens is 1. The molecule has 0 N–H and O–H groups in total. The Kier molecular flexibility index (Phi) is 6.36. The molecule has 1 heteroatoms. The van der Waals surface area contributed by atoms with Gasteiger partial charge in [-0.15, -0.1) is 0 Å². The molecule has 0 saturated heterocycles. The van der Waals surface area contributed by atoms with Crippen molar-refractivity contribution in [1.29, 1.82) is 0 Å². The van der Waals surface area contributed by atoms with Crippen LogP contribution in [0.4, 0.5) is 4.39 Å². The monoisotopic (exact) mass is 282 g/mol. The number of rotatable bonds is 6. The topological polar surface area (TPSA) is 0 Å². The average Bonchev–Trinajstić information content (AvgIpc) is 2.48. The number of hydrogen-bond donors (Lipinski definition) is 0. The van der Waals surface area contributed by atoms with E-state index in [4.69, 9.17) is 0 Å². The molecule has 0 nitrogen and oxygen atoms in total. The van der Waals surface area contributed by atoms with Crippen LogP contribution >= 0.6 is 0 Å². The molecule has 2 saturated carbocycles. The van der Waals surface area contributed by atoms with E-state index >= 15 is 4.39 Å². The maximum atomic E-state index is 15.3. The van der Waals surface area contributed by atoms with E-state index in [1.807, 2.05) is 0 Å². The first kappa shape index (κ1) is 16.3. The Morgan fingerprint density at radius 1 is 0.800 bits per heavy atom. The summed E-state index contributed by atoms with van der Waals surface area (Å²) in [5.74, 6) is 2.12. The molecule has 0 spiro atoms. The molecular weight excluding hydrogens is 247 g/mol. The standard InChI is InChI=1S/C19H35F/c1-3-5-7-17-12-14-19(20,15-13-17)18-10-8-16(6-4-2)9-11-18/h16-18H,3-15H2,1-2H3/t16?,17-,18?,19+. The highest BCUT2D eigenvalue weighted by atomic mass is 19.1. The Balaban J connectivity index is 1.76. The highest BCUT2D eigenvalue weighted by Crippen LogP contribution is 2.47. The van der Waals surface area contributed by atoms with Crippen LogP contribution in [0.5, 0.6) is 0 Å². The number of unbranched alkanes of at least 4 members (excludes halogenated alkanes) is 1. The summed E-state index contributed by atoms with van der Waals surface area (Å²) in [5.41, 5.74) is -0.792. The molecule has 2 aliphatic carbocycles. The van der Waals surface area contributed by atoms with E-state index in [1.54, 1.807) is 0 Å². The van der Waals surface area contributed by atoms with E-state index in [2.05, 4.69) is 13.8 Å². The summed E-state index contributed by atoms with van der Waals surface area (Å²) in [4.78, 5) is 0. The molecule has 0 aliphatic heterocycles. The molecule has 0 aromatic rings. The van der Waals surface area contributed by atoms with E-state index < -0.39 is 5.67 Å². The molecule has 0 radical (unpaired) electrons. The fraction of sp³-hybridized carbons (Fsp3) is 1.00. The molecule has 118 valence electrons. The predicted octanol–water partition coefficient (Wildman–Crippen LogP) is 6.68. The Morgan fingerprint density at radius 3 is 1.95 bits per heavy atom. The average molecular weight is 282 g/mol. The van der Waals surface area contributed by atoms with Crippen LogP contribution in [0, 0.1) is 17.8 Å². The van der Waals surface area contributed by atoms with Crippen molar-refractivity contribution in [1.82, 2.24) is 0 Å². The second kappa shape index (κ2) is 7.80. The van der Waals surface area contributed by atoms with Crippen LogP contribution in [0.1, 0.15) is 97.3 Å². The van der Waals surface area contributed by atoms with Crippen molar-refractivity contribution in [2.75, 3.05) is 0 Å². The van der Waals surface area contributed by atoms with Crippen molar-refractivity contribution in [2.45, 2.75) is 103 Å². The summed E-state index contributed by atoms with van der Waals surface area (Å²) in [6.07, 6.45) is 15.6. The normalized spacial score (nSPS) is 38.9. The second-order valence-corrected chi connectivity index (χ2v) is 7.63. The van der Waals surface area contributed by atoms with Gasteiger partial charge < -0.3 is 0 Å². The largest absolute Gasteiger partial charge is 0.244 e. The zero-order valence-corrected chi connectivity index (χ0v) is 13.8. The molecule has 0 aromatic heterocycles. The zero-order chi connectivity index (χ0) is 14.4. The Bertz CT molecular complexity index is 257. The number of hydrogen-bond acceptors (Lipinski definition) is 0. The van der Waals surface area contributed by atoms with Gasteiger partial charge in [0.15, 0.2) is 0 Å². The van der Waals surface area contributed by atoms with Crippen molar-refractivity contribution in [3.63, 3.8) is 0 Å². The van der Waals surface area contributed by atoms with Crippen LogP contribution in [0.15, 0.2) is 0 Å². The lowest BCUT2D eigenvalue weighted by molar-refractivity contribution is -0.00284. The van der Waals surface area contributed by atoms with Gasteiger partial charge in [0.2, 0.25) is 0 Å². The van der Waals surface area contributed by atoms with Gasteiger partial charge in [-0.05, 0) is 56.3 Å². The van der Waals surface area contributed by atoms with Gasteiger partial charge in [-0.2, -0.15) is 0 Å². The Morgan fingerprint density at radius 2 is 1.40 bits per heavy atom. The zero-order valence-electron chi connectivity index (χ0n) is 13.8. The molecule has 0 bridgehead atoms. The summed E-state index contributed by atoms with van der Waals surface area (Å²) in [5, 5.41) is 0. The van der Waals surface area contributed by atoms with E-state index in [0.717, 1.165) is 37.5 Å². The van der Waals surface area contributed by atoms with Gasteiger partial charge in [0.25, 0.3) is 0 Å². The van der Waals surface area contributed by atoms with Gasteiger partial charge in [-0.1, -0.05) is 58.8 Å². The Labute approximate surface area is 125 Å². The van der Waals surface area contributed by atoms with Crippen molar-refractivity contribution < 1.29 is 4.39 Å². The third-order valence-corrected chi connectivity index (χ3v) is 6.18. The van der Waals surface area contributed by atoms with Crippen molar-refractivity contribution in [3.05, 3.63) is 0 Å². The van der Waals surface area contributed by atoms with Gasteiger partial charge >= 0.3 is 0 Å². The molecule has 2 aliphatic rings. The molecule has 0 atom stereocenters. The van der Waals surface area contributed by atoms with Gasteiger partial charge in [0, 0.05) is 0 Å². The molecule has 0 unspecified atom stereocenters. The first-order valence-electron chi connectivity index (χ1n) is 9.36. The van der Waals surface area contributed by atoms with Crippen molar-refractivity contribution in [2.24, 2.45) is 17.8 Å². The fourth-order valence-electron chi connectivity index (χ4n) is 4.72. The molecule has 20 heavy (non-hydrogen) atoms. The first-order valence-corrected chi connectivity index (χ1v) is 9.36. The van der Waals surface area contributed by atoms with E-state index in [9.17, 15) is 0 Å². The highest BCUT2D eigenvalue weighted by Gasteiger charge is 2.43. The molecular formula is C19H35F. The predicted molar refractivity (Wildman–Crippen MR) is 85.7 cm³/mol. The minimum absolute atomic E-state index is 0.391. The van der Waals surface area contributed by atoms with Gasteiger partial charge in [0.05, 0.1) is 0 Å². The van der Waals surface area contributed by atoms with E-state index in [-0.39, 0.29) is 0 Å². The quantitative estimate of drug-likeness (QED) is 0.509. The third kappa shape index (κ3) is 4.21. The van der Waals surface area contributed by atoms with Crippen LogP contribution in [0.2, 0.25) is 0 Å². The van der Waals surface area contributed by atoms with Crippen LogP contribution in [-0.4, -0.2) is 5.67 Å². The summed E-state index contributed by atoms with van der Waals surface area (Å²) < 4.78 is 15.3. The van der Waals surface area contributed by atoms with Gasteiger partial charge in [-0.25, -0.2) is 4.39 Å². The molecule has 0 amide bonds. The highest BCUT2D eigenvalue weighted by molar-refractivity contribution is 4.93. The molecule has 0 heterocycles. The first-order chi connectivity index (χ1) is 9.68. The van der Waals surface area contributed by atoms with Crippen LogP contribution < -0.4 is 0 Å². The second-order valence-electron chi connectivity index (χ2n) is 7.63. The molecule has 0 aromatic carbocycles. The summed E-state index contributed by atoms with van der Waals surface area (Å²) in [6.45, 7) is 4.54. The number of alkyl halides is 1. The van der Waals surface area contributed by atoms with Crippen LogP contribution in [0.25, 0.3) is 0 Å².